The first-order valence-corrected chi connectivity index (χ1v) is 6.92. The third-order valence-corrected chi connectivity index (χ3v) is 3.33. The molecular formula is C15H12N4O2S. The first kappa shape index (κ1) is 14.0. The monoisotopic (exact) mass is 312 g/mol. The molecule has 0 atom stereocenters. The van der Waals surface area contributed by atoms with E-state index in [4.69, 9.17) is 12.2 Å². The van der Waals surface area contributed by atoms with Gasteiger partial charge in [-0.05, 0) is 23.7 Å². The molecule has 1 aromatic heterocycles. The smallest absolute Gasteiger partial charge is 0.323 e. The lowest BCUT2D eigenvalue weighted by atomic mass is 10.1. The molecule has 22 heavy (non-hydrogen) atoms. The summed E-state index contributed by atoms with van der Waals surface area (Å²) in [4.78, 5) is 28.8. The predicted molar refractivity (Wildman–Crippen MR) is 88.8 cm³/mol. The zero-order chi connectivity index (χ0) is 15.5. The molecule has 6 nitrogen and oxygen atoms in total. The number of hydrogen-bond acceptors (Lipinski definition) is 3. The van der Waals surface area contributed by atoms with Crippen LogP contribution < -0.4 is 16.2 Å². The van der Waals surface area contributed by atoms with E-state index in [1.807, 2.05) is 36.4 Å². The Bertz CT molecular complexity index is 956. The van der Waals surface area contributed by atoms with Crippen LogP contribution in [0.3, 0.4) is 0 Å². The Morgan fingerprint density at radius 2 is 1.73 bits per heavy atom. The molecule has 0 fully saturated rings. The number of nitrogens with one attached hydrogen (secondary N) is 4. The van der Waals surface area contributed by atoms with Crippen molar-refractivity contribution in [1.29, 1.82) is 0 Å². The van der Waals surface area contributed by atoms with Gasteiger partial charge in [0.2, 0.25) is 0 Å². The average Bonchev–Trinajstić information content (AvgIpc) is 2.50. The third kappa shape index (κ3) is 2.89. The Balaban J connectivity index is 1.84. The fourth-order valence-corrected chi connectivity index (χ4v) is 2.26. The van der Waals surface area contributed by atoms with Crippen LogP contribution in [0.2, 0.25) is 0 Å². The van der Waals surface area contributed by atoms with Gasteiger partial charge in [0, 0.05) is 11.6 Å². The van der Waals surface area contributed by atoms with Crippen LogP contribution in [0.1, 0.15) is 0 Å². The van der Waals surface area contributed by atoms with Crippen LogP contribution in [-0.4, -0.2) is 16.0 Å². The quantitative estimate of drug-likeness (QED) is 0.548. The predicted octanol–water partition coefficient (Wildman–Crippen LogP) is 3.23. The molecule has 2 amide bonds. The molecule has 110 valence electrons. The van der Waals surface area contributed by atoms with E-state index < -0.39 is 11.6 Å². The normalized spacial score (nSPS) is 10.4. The Morgan fingerprint density at radius 3 is 2.55 bits per heavy atom. The lowest BCUT2D eigenvalue weighted by Crippen LogP contribution is -2.24. The van der Waals surface area contributed by atoms with Gasteiger partial charge in [-0.3, -0.25) is 9.78 Å². The van der Waals surface area contributed by atoms with Crippen LogP contribution in [0.5, 0.6) is 0 Å². The van der Waals surface area contributed by atoms with E-state index in [2.05, 4.69) is 20.6 Å². The van der Waals surface area contributed by atoms with E-state index in [0.29, 0.717) is 5.69 Å². The molecule has 0 saturated carbocycles. The number of aromatic amines is 2. The van der Waals surface area contributed by atoms with Crippen molar-refractivity contribution in [2.24, 2.45) is 0 Å². The first-order chi connectivity index (χ1) is 10.6. The minimum Gasteiger partial charge on any atom is -0.337 e. The van der Waals surface area contributed by atoms with E-state index in [-0.39, 0.29) is 10.5 Å². The topological polar surface area (TPSA) is 89.8 Å². The fourth-order valence-electron chi connectivity index (χ4n) is 2.11. The number of rotatable bonds is 2. The summed E-state index contributed by atoms with van der Waals surface area (Å²) >= 11 is 4.79. The van der Waals surface area contributed by atoms with Crippen LogP contribution in [0.4, 0.5) is 16.2 Å². The summed E-state index contributed by atoms with van der Waals surface area (Å²) in [6.45, 7) is 0. The number of carbonyl (C=O) groups is 1. The van der Waals surface area contributed by atoms with Crippen molar-refractivity contribution >= 4 is 40.4 Å². The Labute approximate surface area is 130 Å². The fraction of sp³-hybridized carbons (Fsp3) is 0. The summed E-state index contributed by atoms with van der Waals surface area (Å²) in [6, 6.07) is 12.8. The minimum absolute atomic E-state index is 0.0892. The maximum atomic E-state index is 12.0. The zero-order valence-corrected chi connectivity index (χ0v) is 12.2. The van der Waals surface area contributed by atoms with E-state index in [9.17, 15) is 9.59 Å². The van der Waals surface area contributed by atoms with Crippen molar-refractivity contribution in [2.45, 2.75) is 0 Å². The maximum absolute atomic E-state index is 12.0. The van der Waals surface area contributed by atoms with E-state index in [1.54, 1.807) is 6.07 Å². The molecule has 1 heterocycles. The van der Waals surface area contributed by atoms with Crippen molar-refractivity contribution in [3.8, 4) is 0 Å². The number of anilines is 2. The number of H-pyrrole nitrogens is 2. The second-order valence-corrected chi connectivity index (χ2v) is 5.00. The van der Waals surface area contributed by atoms with Crippen molar-refractivity contribution in [3.63, 3.8) is 0 Å². The van der Waals surface area contributed by atoms with E-state index in [1.165, 1.54) is 6.20 Å². The average molecular weight is 312 g/mol. The van der Waals surface area contributed by atoms with Crippen molar-refractivity contribution < 1.29 is 4.79 Å². The summed E-state index contributed by atoms with van der Waals surface area (Å²) in [5.74, 6) is 0. The molecule has 3 rings (SSSR count). The van der Waals surface area contributed by atoms with Gasteiger partial charge in [0.25, 0.3) is 5.56 Å². The largest absolute Gasteiger partial charge is 0.337 e. The highest BCUT2D eigenvalue weighted by atomic mass is 32.1. The van der Waals surface area contributed by atoms with Crippen LogP contribution in [0.15, 0.2) is 53.5 Å². The Morgan fingerprint density at radius 1 is 1.00 bits per heavy atom. The van der Waals surface area contributed by atoms with Gasteiger partial charge in [-0.25, -0.2) is 4.79 Å². The van der Waals surface area contributed by atoms with Gasteiger partial charge in [0.1, 0.15) is 5.69 Å². The number of amides is 2. The standard InChI is InChI=1S/C15H12N4O2S/c20-13-12(8-16-15(22)19-13)18-14(21)17-11-7-3-5-9-4-1-2-6-10(9)11/h1-8H,(H2,17,18,21)(H2,16,19,20,22). The van der Waals surface area contributed by atoms with Crippen molar-refractivity contribution in [3.05, 3.63) is 63.8 Å². The molecule has 0 radical (unpaired) electrons. The summed E-state index contributed by atoms with van der Waals surface area (Å²) in [6.07, 6.45) is 1.35. The molecule has 0 unspecified atom stereocenters. The van der Waals surface area contributed by atoms with Crippen molar-refractivity contribution in [1.82, 2.24) is 9.97 Å². The van der Waals surface area contributed by atoms with Gasteiger partial charge in [-0.2, -0.15) is 0 Å². The highest BCUT2D eigenvalue weighted by Gasteiger charge is 2.07. The molecule has 0 aliphatic carbocycles. The summed E-state index contributed by atoms with van der Waals surface area (Å²) in [7, 11) is 0. The molecule has 0 aliphatic rings. The molecule has 0 aliphatic heterocycles. The molecule has 4 N–H and O–H groups in total. The van der Waals surface area contributed by atoms with Gasteiger partial charge < -0.3 is 15.6 Å². The number of hydrogen-bond donors (Lipinski definition) is 4. The Kier molecular flexibility index (Phi) is 3.71. The number of carbonyl (C=O) groups excluding carboxylic acids is 1. The number of fused-ring (bicyclic) bond motifs is 1. The van der Waals surface area contributed by atoms with Crippen molar-refractivity contribution in [2.75, 3.05) is 10.6 Å². The molecule has 0 spiro atoms. The maximum Gasteiger partial charge on any atom is 0.323 e. The number of benzene rings is 2. The SMILES string of the molecule is O=C(Nc1c[nH]c(=S)[nH]c1=O)Nc1cccc2ccccc12. The number of aromatic nitrogens is 2. The van der Waals surface area contributed by atoms with Gasteiger partial charge >= 0.3 is 6.03 Å². The second-order valence-electron chi connectivity index (χ2n) is 4.59. The van der Waals surface area contributed by atoms with Crippen LogP contribution >= 0.6 is 12.2 Å². The molecule has 3 aromatic rings. The van der Waals surface area contributed by atoms with Gasteiger partial charge in [-0.15, -0.1) is 0 Å². The highest BCUT2D eigenvalue weighted by molar-refractivity contribution is 7.71. The molecule has 2 aromatic carbocycles. The number of urea groups is 1. The van der Waals surface area contributed by atoms with E-state index in [0.717, 1.165) is 10.8 Å². The highest BCUT2D eigenvalue weighted by Crippen LogP contribution is 2.22. The van der Waals surface area contributed by atoms with E-state index >= 15 is 0 Å². The molecule has 0 bridgehead atoms. The molecular weight excluding hydrogens is 300 g/mol. The van der Waals surface area contributed by atoms with Gasteiger partial charge in [-0.1, -0.05) is 36.4 Å². The summed E-state index contributed by atoms with van der Waals surface area (Å²) < 4.78 is 0.199. The van der Waals surface area contributed by atoms with Crippen LogP contribution in [-0.2, 0) is 0 Å². The third-order valence-electron chi connectivity index (χ3n) is 3.11. The molecule has 0 saturated heterocycles. The first-order valence-electron chi connectivity index (χ1n) is 6.51. The lowest BCUT2D eigenvalue weighted by Gasteiger charge is -2.09. The van der Waals surface area contributed by atoms with Gasteiger partial charge in [0.05, 0.1) is 5.69 Å². The summed E-state index contributed by atoms with van der Waals surface area (Å²) in [5, 5.41) is 7.15. The lowest BCUT2D eigenvalue weighted by molar-refractivity contribution is 0.262. The zero-order valence-electron chi connectivity index (χ0n) is 11.3. The van der Waals surface area contributed by atoms with Gasteiger partial charge in [0.15, 0.2) is 4.77 Å². The van der Waals surface area contributed by atoms with Crippen LogP contribution in [0, 0.1) is 4.77 Å². The second kappa shape index (κ2) is 5.82. The van der Waals surface area contributed by atoms with Crippen LogP contribution in [0.25, 0.3) is 10.8 Å². The summed E-state index contributed by atoms with van der Waals surface area (Å²) in [5.41, 5.74) is 0.291. The Hall–Kier alpha value is -2.93. The molecule has 7 heteroatoms. The minimum atomic E-state index is -0.507.